The van der Waals surface area contributed by atoms with Crippen LogP contribution in [0.1, 0.15) is 9.67 Å². The van der Waals surface area contributed by atoms with E-state index in [4.69, 9.17) is 0 Å². The number of nitrogens with one attached hydrogen (secondary N) is 1. The third kappa shape index (κ3) is 3.35. The van der Waals surface area contributed by atoms with Crippen LogP contribution in [0.5, 0.6) is 0 Å². The Morgan fingerprint density at radius 1 is 1.77 bits per heavy atom. The monoisotopic (exact) mass is 270 g/mol. The molecule has 0 saturated carbocycles. The summed E-state index contributed by atoms with van der Waals surface area (Å²) >= 11 is 4.16. The smallest absolute Gasteiger partial charge is 0.263 e. The Bertz CT molecular complexity index is 305. The van der Waals surface area contributed by atoms with Gasteiger partial charge in [-0.3, -0.25) is 4.79 Å². The zero-order chi connectivity index (χ0) is 9.84. The van der Waals surface area contributed by atoms with Crippen LogP contribution in [0.4, 0.5) is 8.78 Å². The number of carbonyl (C=O) groups is 1. The molecule has 0 radical (unpaired) electrons. The lowest BCUT2D eigenvalue weighted by molar-refractivity contribution is 0.0895. The van der Waals surface area contributed by atoms with Gasteiger partial charge in [-0.25, -0.2) is 13.8 Å². The van der Waals surface area contributed by atoms with Gasteiger partial charge in [0.05, 0.1) is 12.7 Å². The fourth-order valence-corrected chi connectivity index (χ4v) is 1.80. The summed E-state index contributed by atoms with van der Waals surface area (Å²) in [6, 6.07) is 0. The number of thiazole rings is 1. The molecule has 7 heteroatoms. The number of hydrogen-bond donors (Lipinski definition) is 1. The molecule has 0 fully saturated rings. The molecule has 0 aliphatic heterocycles. The zero-order valence-electron chi connectivity index (χ0n) is 6.26. The largest absolute Gasteiger partial charge is 0.346 e. The fraction of sp³-hybridized carbons (Fsp3) is 0.333. The van der Waals surface area contributed by atoms with Crippen LogP contribution in [-0.2, 0) is 0 Å². The van der Waals surface area contributed by atoms with Gasteiger partial charge < -0.3 is 5.32 Å². The van der Waals surface area contributed by atoms with Gasteiger partial charge in [-0.15, -0.1) is 11.3 Å². The number of rotatable bonds is 3. The van der Waals surface area contributed by atoms with Gasteiger partial charge >= 0.3 is 0 Å². The second kappa shape index (κ2) is 4.61. The summed E-state index contributed by atoms with van der Waals surface area (Å²) in [4.78, 5) is 15.1. The number of alkyl halides is 2. The summed E-state index contributed by atoms with van der Waals surface area (Å²) < 4.78 is 23.9. The first-order valence-electron chi connectivity index (χ1n) is 3.27. The first-order valence-corrected chi connectivity index (χ1v) is 4.88. The molecule has 1 heterocycles. The van der Waals surface area contributed by atoms with Crippen LogP contribution in [0.25, 0.3) is 0 Å². The molecule has 1 amide bonds. The molecule has 3 nitrogen and oxygen atoms in total. The summed E-state index contributed by atoms with van der Waals surface area (Å²) in [7, 11) is 0. The number of hydrogen-bond acceptors (Lipinski definition) is 3. The predicted octanol–water partition coefficient (Wildman–Crippen LogP) is 1.90. The maximum absolute atomic E-state index is 11.7. The van der Waals surface area contributed by atoms with Crippen molar-refractivity contribution < 1.29 is 13.6 Å². The van der Waals surface area contributed by atoms with Crippen LogP contribution in [-0.4, -0.2) is 23.9 Å². The molecule has 0 aliphatic carbocycles. The Kier molecular flexibility index (Phi) is 3.73. The highest BCUT2D eigenvalue weighted by Gasteiger charge is 2.11. The highest BCUT2D eigenvalue weighted by atomic mass is 79.9. The molecule has 0 spiro atoms. The third-order valence-electron chi connectivity index (χ3n) is 1.12. The van der Waals surface area contributed by atoms with Crippen molar-refractivity contribution in [3.05, 3.63) is 15.0 Å². The van der Waals surface area contributed by atoms with Crippen molar-refractivity contribution in [1.29, 1.82) is 0 Å². The summed E-state index contributed by atoms with van der Waals surface area (Å²) in [5.74, 6) is -0.525. The van der Waals surface area contributed by atoms with E-state index in [0.717, 1.165) is 11.3 Å². The molecule has 0 aromatic carbocycles. The lowest BCUT2D eigenvalue weighted by Crippen LogP contribution is -2.27. The lowest BCUT2D eigenvalue weighted by atomic mass is 10.5. The SMILES string of the molecule is O=C(NCC(F)F)c1cnc(Br)s1. The molecule has 0 unspecified atom stereocenters. The van der Waals surface area contributed by atoms with Crippen molar-refractivity contribution in [2.75, 3.05) is 6.54 Å². The fourth-order valence-electron chi connectivity index (χ4n) is 0.615. The molecule has 1 N–H and O–H groups in total. The Labute approximate surface area is 85.3 Å². The standard InChI is InChI=1S/C6H5BrF2N2OS/c7-6-11-1-3(13-6)5(12)10-2-4(8)9/h1,4H,2H2,(H,10,12). The highest BCUT2D eigenvalue weighted by Crippen LogP contribution is 2.17. The quantitative estimate of drug-likeness (QED) is 0.912. The molecular formula is C6H5BrF2N2OS. The first kappa shape index (κ1) is 10.5. The van der Waals surface area contributed by atoms with Crippen LogP contribution in [0.15, 0.2) is 10.1 Å². The van der Waals surface area contributed by atoms with Gasteiger partial charge in [-0.05, 0) is 15.9 Å². The summed E-state index contributed by atoms with van der Waals surface area (Å²) in [5, 5.41) is 2.07. The van der Waals surface area contributed by atoms with E-state index in [0.29, 0.717) is 8.79 Å². The zero-order valence-corrected chi connectivity index (χ0v) is 8.66. The molecule has 13 heavy (non-hydrogen) atoms. The molecule has 0 aliphatic rings. The van der Waals surface area contributed by atoms with Crippen molar-refractivity contribution in [3.63, 3.8) is 0 Å². The molecular weight excluding hydrogens is 266 g/mol. The third-order valence-corrected chi connectivity index (χ3v) is 2.59. The molecule has 1 rings (SSSR count). The number of halogens is 3. The maximum atomic E-state index is 11.7. The Hall–Kier alpha value is -0.560. The predicted molar refractivity (Wildman–Crippen MR) is 48.2 cm³/mol. The van der Waals surface area contributed by atoms with Gasteiger partial charge in [-0.1, -0.05) is 0 Å². The van der Waals surface area contributed by atoms with Crippen molar-refractivity contribution in [2.45, 2.75) is 6.43 Å². The lowest BCUT2D eigenvalue weighted by Gasteiger charge is -2.00. The molecule has 1 aromatic rings. The topological polar surface area (TPSA) is 42.0 Å². The van der Waals surface area contributed by atoms with Crippen LogP contribution in [0.2, 0.25) is 0 Å². The van der Waals surface area contributed by atoms with Crippen molar-refractivity contribution in [3.8, 4) is 0 Å². The van der Waals surface area contributed by atoms with Crippen molar-refractivity contribution in [2.24, 2.45) is 0 Å². The summed E-state index contributed by atoms with van der Waals surface area (Å²) in [5.41, 5.74) is 0. The number of nitrogens with zero attached hydrogens (tertiary/aromatic N) is 1. The minimum absolute atomic E-state index is 0.313. The number of aromatic nitrogens is 1. The number of amides is 1. The molecule has 0 atom stereocenters. The second-order valence-electron chi connectivity index (χ2n) is 2.08. The van der Waals surface area contributed by atoms with Crippen LogP contribution in [0.3, 0.4) is 0 Å². The van der Waals surface area contributed by atoms with Crippen LogP contribution in [0, 0.1) is 0 Å². The maximum Gasteiger partial charge on any atom is 0.263 e. The van der Waals surface area contributed by atoms with E-state index in [1.54, 1.807) is 0 Å². The highest BCUT2D eigenvalue weighted by molar-refractivity contribution is 9.11. The average molecular weight is 271 g/mol. The van der Waals surface area contributed by atoms with Gasteiger partial charge in [0, 0.05) is 0 Å². The molecule has 72 valence electrons. The van der Waals surface area contributed by atoms with E-state index in [1.807, 2.05) is 0 Å². The molecule has 1 aromatic heterocycles. The molecule has 0 bridgehead atoms. The van der Waals surface area contributed by atoms with Gasteiger partial charge in [0.15, 0.2) is 3.92 Å². The van der Waals surface area contributed by atoms with Gasteiger partial charge in [0.25, 0.3) is 12.3 Å². The van der Waals surface area contributed by atoms with Crippen LogP contribution < -0.4 is 5.32 Å². The van der Waals surface area contributed by atoms with Crippen molar-refractivity contribution >= 4 is 33.2 Å². The Morgan fingerprint density at radius 2 is 2.46 bits per heavy atom. The minimum Gasteiger partial charge on any atom is -0.346 e. The normalized spacial score (nSPS) is 10.5. The van der Waals surface area contributed by atoms with Gasteiger partial charge in [0.2, 0.25) is 0 Å². The average Bonchev–Trinajstić information content (AvgIpc) is 2.47. The Morgan fingerprint density at radius 3 is 2.92 bits per heavy atom. The second-order valence-corrected chi connectivity index (χ2v) is 4.39. The number of carbonyl (C=O) groups excluding carboxylic acids is 1. The van der Waals surface area contributed by atoms with E-state index in [-0.39, 0.29) is 0 Å². The van der Waals surface area contributed by atoms with E-state index in [2.05, 4.69) is 26.2 Å². The van der Waals surface area contributed by atoms with Crippen LogP contribution >= 0.6 is 27.3 Å². The van der Waals surface area contributed by atoms with E-state index in [9.17, 15) is 13.6 Å². The summed E-state index contributed by atoms with van der Waals surface area (Å²) in [6.45, 7) is -0.631. The van der Waals surface area contributed by atoms with E-state index < -0.39 is 18.9 Å². The van der Waals surface area contributed by atoms with E-state index in [1.165, 1.54) is 6.20 Å². The van der Waals surface area contributed by atoms with Gasteiger partial charge in [0.1, 0.15) is 4.88 Å². The van der Waals surface area contributed by atoms with Crippen molar-refractivity contribution in [1.82, 2.24) is 10.3 Å². The molecule has 0 saturated heterocycles. The van der Waals surface area contributed by atoms with Gasteiger partial charge in [-0.2, -0.15) is 0 Å². The Balaban J connectivity index is 2.49. The first-order chi connectivity index (χ1) is 6.09. The summed E-state index contributed by atoms with van der Waals surface area (Å²) in [6.07, 6.45) is -1.20. The minimum atomic E-state index is -2.53. The van der Waals surface area contributed by atoms with E-state index >= 15 is 0 Å².